The summed E-state index contributed by atoms with van der Waals surface area (Å²) in [5.74, 6) is -1.32. The summed E-state index contributed by atoms with van der Waals surface area (Å²) in [7, 11) is 1.78. The largest absolute Gasteiger partial charge is 0.488 e. The normalized spacial score (nSPS) is 12.2. The zero-order chi connectivity index (χ0) is 12.1. The van der Waals surface area contributed by atoms with Crippen LogP contribution in [0.2, 0.25) is 0 Å². The second-order valence-electron chi connectivity index (χ2n) is 3.46. The van der Waals surface area contributed by atoms with Gasteiger partial charge in [0.1, 0.15) is 23.2 Å². The number of amides is 1. The molecule has 0 heterocycles. The Morgan fingerprint density at radius 3 is 2.88 bits per heavy atom. The monoisotopic (exact) mass is 226 g/mol. The molecular formula is C11H15FN2O2. The molecule has 0 radical (unpaired) electrons. The van der Waals surface area contributed by atoms with Crippen LogP contribution in [0.15, 0.2) is 18.2 Å². The van der Waals surface area contributed by atoms with Crippen molar-refractivity contribution >= 4 is 5.91 Å². The lowest BCUT2D eigenvalue weighted by molar-refractivity contribution is 0.0989. The van der Waals surface area contributed by atoms with E-state index in [1.165, 1.54) is 18.2 Å². The topological polar surface area (TPSA) is 64.3 Å². The number of nitrogens with one attached hydrogen (secondary N) is 1. The molecule has 1 aromatic carbocycles. The first kappa shape index (κ1) is 12.4. The maximum atomic E-state index is 13.3. The van der Waals surface area contributed by atoms with Crippen LogP contribution >= 0.6 is 0 Å². The molecule has 0 aromatic heterocycles. The summed E-state index contributed by atoms with van der Waals surface area (Å²) in [6, 6.07) is 4.17. The Bertz CT molecular complexity index is 382. The number of halogens is 1. The van der Waals surface area contributed by atoms with Gasteiger partial charge in [0, 0.05) is 6.54 Å². The van der Waals surface area contributed by atoms with Gasteiger partial charge >= 0.3 is 0 Å². The summed E-state index contributed by atoms with van der Waals surface area (Å²) in [5, 5.41) is 2.92. The summed E-state index contributed by atoms with van der Waals surface area (Å²) < 4.78 is 18.8. The van der Waals surface area contributed by atoms with E-state index in [0.717, 1.165) is 0 Å². The van der Waals surface area contributed by atoms with Crippen molar-refractivity contribution in [1.82, 2.24) is 5.32 Å². The van der Waals surface area contributed by atoms with Crippen molar-refractivity contribution in [3.8, 4) is 5.75 Å². The zero-order valence-electron chi connectivity index (χ0n) is 9.29. The third kappa shape index (κ3) is 2.93. The number of primary amides is 1. The molecule has 1 amide bonds. The fourth-order valence-corrected chi connectivity index (χ4v) is 1.39. The Kier molecular flexibility index (Phi) is 4.25. The number of hydrogen-bond donors (Lipinski definition) is 2. The molecule has 1 unspecified atom stereocenters. The first-order chi connectivity index (χ1) is 7.56. The Morgan fingerprint density at radius 1 is 1.62 bits per heavy atom. The minimum atomic E-state index is -0.829. The Balaban J connectivity index is 2.95. The molecule has 1 rings (SSSR count). The number of likely N-dealkylation sites (N-methyl/N-ethyl adjacent to an activating group) is 1. The van der Waals surface area contributed by atoms with Crippen LogP contribution in [0.4, 0.5) is 4.39 Å². The number of hydrogen-bond acceptors (Lipinski definition) is 3. The zero-order valence-corrected chi connectivity index (χ0v) is 9.29. The third-order valence-corrected chi connectivity index (χ3v) is 2.04. The SMILES string of the molecule is CNCC(C)Oc1cccc(F)c1C(N)=O. The molecule has 0 aliphatic heterocycles. The summed E-state index contributed by atoms with van der Waals surface area (Å²) in [5.41, 5.74) is 4.89. The van der Waals surface area contributed by atoms with E-state index in [2.05, 4.69) is 5.32 Å². The Labute approximate surface area is 93.6 Å². The standard InChI is InChI=1S/C11H15FN2O2/c1-7(6-14-2)16-9-5-3-4-8(12)10(9)11(13)15/h3-5,7,14H,6H2,1-2H3,(H2,13,15). The van der Waals surface area contributed by atoms with Gasteiger partial charge in [-0.1, -0.05) is 6.07 Å². The van der Waals surface area contributed by atoms with E-state index in [0.29, 0.717) is 6.54 Å². The molecule has 0 saturated carbocycles. The molecule has 0 saturated heterocycles. The average Bonchev–Trinajstić information content (AvgIpc) is 2.17. The average molecular weight is 226 g/mol. The van der Waals surface area contributed by atoms with Gasteiger partial charge in [-0.05, 0) is 26.1 Å². The van der Waals surface area contributed by atoms with E-state index in [-0.39, 0.29) is 17.4 Å². The van der Waals surface area contributed by atoms with Crippen molar-refractivity contribution in [3.05, 3.63) is 29.6 Å². The van der Waals surface area contributed by atoms with Crippen LogP contribution in [0.25, 0.3) is 0 Å². The number of carbonyl (C=O) groups is 1. The highest BCUT2D eigenvalue weighted by Crippen LogP contribution is 2.21. The molecule has 4 nitrogen and oxygen atoms in total. The van der Waals surface area contributed by atoms with Crippen LogP contribution in [-0.2, 0) is 0 Å². The van der Waals surface area contributed by atoms with Gasteiger partial charge in [0.15, 0.2) is 0 Å². The predicted molar refractivity (Wildman–Crippen MR) is 58.9 cm³/mol. The van der Waals surface area contributed by atoms with Gasteiger partial charge in [0.25, 0.3) is 5.91 Å². The summed E-state index contributed by atoms with van der Waals surface area (Å²) in [6.07, 6.45) is -0.176. The molecule has 88 valence electrons. The number of rotatable bonds is 5. The molecule has 0 aliphatic carbocycles. The van der Waals surface area contributed by atoms with Crippen molar-refractivity contribution in [2.24, 2.45) is 5.73 Å². The van der Waals surface area contributed by atoms with Crippen molar-refractivity contribution in [2.75, 3.05) is 13.6 Å². The first-order valence-corrected chi connectivity index (χ1v) is 4.95. The molecule has 16 heavy (non-hydrogen) atoms. The van der Waals surface area contributed by atoms with E-state index >= 15 is 0 Å². The predicted octanol–water partition coefficient (Wildman–Crippen LogP) is 0.911. The molecule has 0 aliphatic rings. The number of carbonyl (C=O) groups excluding carboxylic acids is 1. The molecule has 1 aromatic rings. The van der Waals surface area contributed by atoms with Gasteiger partial charge in [0.05, 0.1) is 0 Å². The van der Waals surface area contributed by atoms with E-state index in [1.807, 2.05) is 6.92 Å². The number of benzene rings is 1. The number of ether oxygens (including phenoxy) is 1. The highest BCUT2D eigenvalue weighted by atomic mass is 19.1. The first-order valence-electron chi connectivity index (χ1n) is 4.95. The van der Waals surface area contributed by atoms with Crippen molar-refractivity contribution < 1.29 is 13.9 Å². The fraction of sp³-hybridized carbons (Fsp3) is 0.364. The van der Waals surface area contributed by atoms with Gasteiger partial charge in [-0.3, -0.25) is 4.79 Å². The van der Waals surface area contributed by atoms with Crippen LogP contribution in [0.3, 0.4) is 0 Å². The van der Waals surface area contributed by atoms with Crippen LogP contribution in [0.1, 0.15) is 17.3 Å². The molecule has 0 fully saturated rings. The Morgan fingerprint density at radius 2 is 2.31 bits per heavy atom. The Hall–Kier alpha value is -1.62. The van der Waals surface area contributed by atoms with Crippen LogP contribution in [0.5, 0.6) is 5.75 Å². The maximum Gasteiger partial charge on any atom is 0.255 e. The third-order valence-electron chi connectivity index (χ3n) is 2.04. The minimum Gasteiger partial charge on any atom is -0.488 e. The summed E-state index contributed by atoms with van der Waals surface area (Å²) in [4.78, 5) is 11.1. The van der Waals surface area contributed by atoms with E-state index in [9.17, 15) is 9.18 Å². The molecule has 5 heteroatoms. The fourth-order valence-electron chi connectivity index (χ4n) is 1.39. The summed E-state index contributed by atoms with van der Waals surface area (Å²) in [6.45, 7) is 2.40. The van der Waals surface area contributed by atoms with Crippen molar-refractivity contribution in [2.45, 2.75) is 13.0 Å². The highest BCUT2D eigenvalue weighted by molar-refractivity contribution is 5.95. The van der Waals surface area contributed by atoms with Crippen molar-refractivity contribution in [1.29, 1.82) is 0 Å². The van der Waals surface area contributed by atoms with Gasteiger partial charge < -0.3 is 15.8 Å². The number of nitrogens with two attached hydrogens (primary N) is 1. The molecule has 3 N–H and O–H groups in total. The van der Waals surface area contributed by atoms with Crippen LogP contribution in [0, 0.1) is 5.82 Å². The molecular weight excluding hydrogens is 211 g/mol. The lowest BCUT2D eigenvalue weighted by atomic mass is 10.1. The quantitative estimate of drug-likeness (QED) is 0.784. The van der Waals surface area contributed by atoms with Gasteiger partial charge in [-0.2, -0.15) is 0 Å². The highest BCUT2D eigenvalue weighted by Gasteiger charge is 2.16. The van der Waals surface area contributed by atoms with E-state index in [1.54, 1.807) is 7.05 Å². The lowest BCUT2D eigenvalue weighted by Gasteiger charge is -2.16. The molecule has 1 atom stereocenters. The van der Waals surface area contributed by atoms with E-state index < -0.39 is 11.7 Å². The summed E-state index contributed by atoms with van der Waals surface area (Å²) >= 11 is 0. The van der Waals surface area contributed by atoms with Crippen molar-refractivity contribution in [3.63, 3.8) is 0 Å². The molecule has 0 spiro atoms. The lowest BCUT2D eigenvalue weighted by Crippen LogP contribution is -2.27. The molecule has 0 bridgehead atoms. The van der Waals surface area contributed by atoms with Crippen LogP contribution in [-0.4, -0.2) is 25.6 Å². The van der Waals surface area contributed by atoms with Crippen LogP contribution < -0.4 is 15.8 Å². The maximum absolute atomic E-state index is 13.3. The van der Waals surface area contributed by atoms with E-state index in [4.69, 9.17) is 10.5 Å². The smallest absolute Gasteiger partial charge is 0.255 e. The second-order valence-corrected chi connectivity index (χ2v) is 3.46. The minimum absolute atomic E-state index is 0.176. The van der Waals surface area contributed by atoms with Gasteiger partial charge in [-0.15, -0.1) is 0 Å². The van der Waals surface area contributed by atoms with Gasteiger partial charge in [0.2, 0.25) is 0 Å². The van der Waals surface area contributed by atoms with Gasteiger partial charge in [-0.25, -0.2) is 4.39 Å². The second kappa shape index (κ2) is 5.46.